The Labute approximate surface area is 261 Å². The molecule has 0 spiro atoms. The van der Waals surface area contributed by atoms with Gasteiger partial charge in [0.15, 0.2) is 0 Å². The highest BCUT2D eigenvalue weighted by atomic mass is 19.1. The Balaban J connectivity index is 1.25. The monoisotopic (exact) mass is 603 g/mol. The topological polar surface area (TPSA) is 110 Å². The number of aromatic nitrogens is 2. The lowest BCUT2D eigenvalue weighted by molar-refractivity contribution is 0.0781. The van der Waals surface area contributed by atoms with Gasteiger partial charge in [-0.1, -0.05) is 42.5 Å². The predicted octanol–water partition coefficient (Wildman–Crippen LogP) is 6.44. The molecule has 8 nitrogen and oxygen atoms in total. The molecule has 1 aliphatic rings. The van der Waals surface area contributed by atoms with Crippen molar-refractivity contribution in [1.29, 1.82) is 0 Å². The van der Waals surface area contributed by atoms with Crippen molar-refractivity contribution in [2.45, 2.75) is 25.2 Å². The molecule has 0 aliphatic carbocycles. The first-order valence-corrected chi connectivity index (χ1v) is 15.0. The summed E-state index contributed by atoms with van der Waals surface area (Å²) in [6.45, 7) is 0.936. The first kappa shape index (κ1) is 29.6. The van der Waals surface area contributed by atoms with Gasteiger partial charge in [-0.25, -0.2) is 4.39 Å². The van der Waals surface area contributed by atoms with E-state index in [1.54, 1.807) is 41.4 Å². The first-order chi connectivity index (χ1) is 21.9. The molecule has 0 bridgehead atoms. The van der Waals surface area contributed by atoms with Gasteiger partial charge in [0.05, 0.1) is 22.5 Å². The number of rotatable bonds is 10. The fraction of sp³-hybridized carbons (Fsp3) is 0.194. The van der Waals surface area contributed by atoms with Crippen LogP contribution in [0, 0.1) is 5.82 Å². The van der Waals surface area contributed by atoms with Gasteiger partial charge in [-0.3, -0.25) is 14.6 Å². The number of nitrogens with one attached hydrogen (secondary N) is 3. The molecule has 5 aromatic rings. The van der Waals surface area contributed by atoms with Crippen molar-refractivity contribution in [2.75, 3.05) is 25.5 Å². The van der Waals surface area contributed by atoms with Crippen molar-refractivity contribution in [3.63, 3.8) is 0 Å². The van der Waals surface area contributed by atoms with Crippen molar-refractivity contribution in [1.82, 2.24) is 20.2 Å². The van der Waals surface area contributed by atoms with Crippen LogP contribution in [-0.4, -0.2) is 51.9 Å². The summed E-state index contributed by atoms with van der Waals surface area (Å²) in [5.41, 5.74) is 6.81. The number of amides is 2. The molecular weight excluding hydrogens is 569 g/mol. The van der Waals surface area contributed by atoms with Gasteiger partial charge in [-0.05, 0) is 66.9 Å². The van der Waals surface area contributed by atoms with Crippen LogP contribution in [-0.2, 0) is 12.8 Å². The lowest BCUT2D eigenvalue weighted by atomic mass is 9.92. The van der Waals surface area contributed by atoms with E-state index in [1.807, 2.05) is 49.5 Å². The summed E-state index contributed by atoms with van der Waals surface area (Å²) in [7, 11) is 1.82. The van der Waals surface area contributed by atoms with E-state index in [1.165, 1.54) is 18.2 Å². The summed E-state index contributed by atoms with van der Waals surface area (Å²) >= 11 is 0. The van der Waals surface area contributed by atoms with Gasteiger partial charge in [-0.2, -0.15) is 0 Å². The lowest BCUT2D eigenvalue weighted by Gasteiger charge is -2.23. The van der Waals surface area contributed by atoms with Crippen molar-refractivity contribution in [3.8, 4) is 17.0 Å². The second-order valence-corrected chi connectivity index (χ2v) is 11.2. The van der Waals surface area contributed by atoms with Crippen LogP contribution >= 0.6 is 0 Å². The van der Waals surface area contributed by atoms with E-state index in [-0.39, 0.29) is 34.9 Å². The number of carbonyl (C=O) groups excluding carboxylic acids is 2. The van der Waals surface area contributed by atoms with Gasteiger partial charge in [-0.15, -0.1) is 0 Å². The number of aryl methyl sites for hydroxylation is 1. The summed E-state index contributed by atoms with van der Waals surface area (Å²) in [6, 6.07) is 26.4. The Morgan fingerprint density at radius 3 is 2.58 bits per heavy atom. The van der Waals surface area contributed by atoms with Crippen molar-refractivity contribution in [3.05, 3.63) is 131 Å². The second kappa shape index (κ2) is 13.1. The van der Waals surface area contributed by atoms with E-state index < -0.39 is 0 Å². The van der Waals surface area contributed by atoms with Gasteiger partial charge in [0.25, 0.3) is 11.8 Å². The van der Waals surface area contributed by atoms with E-state index in [4.69, 9.17) is 0 Å². The molecule has 2 aromatic heterocycles. The Morgan fingerprint density at radius 2 is 1.80 bits per heavy atom. The number of likely N-dealkylation sites (N-methyl/N-ethyl adjacent to an activating group) is 1. The number of H-pyrrole nitrogens is 1. The number of phenolic OH excluding ortho intramolecular Hbond substituents is 1. The zero-order valence-electron chi connectivity index (χ0n) is 24.9. The van der Waals surface area contributed by atoms with Gasteiger partial charge < -0.3 is 25.6 Å². The average molecular weight is 604 g/mol. The Morgan fingerprint density at radius 1 is 1.04 bits per heavy atom. The third-order valence-corrected chi connectivity index (χ3v) is 8.23. The van der Waals surface area contributed by atoms with Crippen LogP contribution in [0.5, 0.6) is 5.75 Å². The molecule has 0 saturated carbocycles. The number of phenols is 1. The minimum absolute atomic E-state index is 0.0283. The maximum atomic E-state index is 13.7. The third kappa shape index (κ3) is 6.57. The number of aromatic hydroxyl groups is 1. The molecule has 3 heterocycles. The zero-order chi connectivity index (χ0) is 31.3. The number of aromatic amines is 1. The molecule has 45 heavy (non-hydrogen) atoms. The van der Waals surface area contributed by atoms with E-state index in [0.29, 0.717) is 31.5 Å². The third-order valence-electron chi connectivity index (χ3n) is 8.23. The fourth-order valence-corrected chi connectivity index (χ4v) is 5.75. The van der Waals surface area contributed by atoms with Gasteiger partial charge in [0.1, 0.15) is 11.6 Å². The summed E-state index contributed by atoms with van der Waals surface area (Å²) in [6.07, 6.45) is 3.71. The van der Waals surface area contributed by atoms with Gasteiger partial charge in [0, 0.05) is 61.3 Å². The van der Waals surface area contributed by atoms with Gasteiger partial charge in [0.2, 0.25) is 0 Å². The molecule has 4 N–H and O–H groups in total. The highest BCUT2D eigenvalue weighted by Crippen LogP contribution is 2.38. The standard InChI is InChI=1S/C36H34FN5O3/c1-42-20-18-30-32(36(42)45)34(40-27-7-3-2-4-8-27)33(41-30)24-17-19-38-28(21-24)16-13-25(23-11-14-26(37)15-12-23)22-39-35(44)29-9-5-6-10-31(29)43/h2-12,14-15,17,19,21,25,40-41,43H,13,16,18,20,22H2,1H3,(H,39,44). The molecule has 0 radical (unpaired) electrons. The summed E-state index contributed by atoms with van der Waals surface area (Å²) in [5, 5.41) is 16.5. The predicted molar refractivity (Wildman–Crippen MR) is 172 cm³/mol. The molecule has 6 rings (SSSR count). The van der Waals surface area contributed by atoms with Crippen LogP contribution in [0.15, 0.2) is 97.2 Å². The first-order valence-electron chi connectivity index (χ1n) is 15.0. The number of para-hydroxylation sites is 2. The maximum absolute atomic E-state index is 13.7. The van der Waals surface area contributed by atoms with Crippen molar-refractivity contribution in [2.24, 2.45) is 0 Å². The highest BCUT2D eigenvalue weighted by Gasteiger charge is 2.30. The average Bonchev–Trinajstić information content (AvgIpc) is 3.42. The molecule has 2 amide bonds. The van der Waals surface area contributed by atoms with Crippen LogP contribution in [0.3, 0.4) is 0 Å². The van der Waals surface area contributed by atoms with Crippen molar-refractivity contribution >= 4 is 23.2 Å². The number of anilines is 2. The zero-order valence-corrected chi connectivity index (χ0v) is 24.9. The van der Waals surface area contributed by atoms with Crippen LogP contribution < -0.4 is 10.6 Å². The second-order valence-electron chi connectivity index (χ2n) is 11.2. The number of hydrogen-bond acceptors (Lipinski definition) is 5. The van der Waals surface area contributed by atoms with E-state index in [0.717, 1.165) is 46.0 Å². The molecule has 3 aromatic carbocycles. The Kier molecular flexibility index (Phi) is 8.59. The molecule has 1 unspecified atom stereocenters. The van der Waals surface area contributed by atoms with Crippen LogP contribution in [0.4, 0.5) is 15.8 Å². The number of pyridine rings is 1. The Bertz CT molecular complexity index is 1820. The summed E-state index contributed by atoms with van der Waals surface area (Å²) in [4.78, 5) is 36.0. The summed E-state index contributed by atoms with van der Waals surface area (Å²) < 4.78 is 13.7. The smallest absolute Gasteiger partial charge is 0.257 e. The van der Waals surface area contributed by atoms with E-state index in [2.05, 4.69) is 20.6 Å². The normalized spacial score (nSPS) is 13.3. The molecule has 1 atom stereocenters. The lowest BCUT2D eigenvalue weighted by Crippen LogP contribution is -2.34. The minimum Gasteiger partial charge on any atom is -0.507 e. The van der Waals surface area contributed by atoms with Crippen LogP contribution in [0.25, 0.3) is 11.3 Å². The number of carbonyl (C=O) groups is 2. The molecule has 0 fully saturated rings. The van der Waals surface area contributed by atoms with E-state index in [9.17, 15) is 19.1 Å². The minimum atomic E-state index is -0.380. The Hall–Kier alpha value is -5.44. The number of halogens is 1. The van der Waals surface area contributed by atoms with Crippen LogP contribution in [0.2, 0.25) is 0 Å². The maximum Gasteiger partial charge on any atom is 0.257 e. The molecule has 1 aliphatic heterocycles. The molecular formula is C36H34FN5O3. The van der Waals surface area contributed by atoms with E-state index >= 15 is 0 Å². The van der Waals surface area contributed by atoms with Crippen molar-refractivity contribution < 1.29 is 19.1 Å². The fourth-order valence-electron chi connectivity index (χ4n) is 5.75. The molecule has 9 heteroatoms. The highest BCUT2D eigenvalue weighted by molar-refractivity contribution is 6.06. The largest absolute Gasteiger partial charge is 0.507 e. The number of fused-ring (bicyclic) bond motifs is 1. The SMILES string of the molecule is CN1CCc2[nH]c(-c3ccnc(CCC(CNC(=O)c4ccccc4O)c4ccc(F)cc4)c3)c(Nc3ccccc3)c2C1=O. The number of benzene rings is 3. The van der Waals surface area contributed by atoms with Gasteiger partial charge >= 0.3 is 0 Å². The summed E-state index contributed by atoms with van der Waals surface area (Å²) in [5.74, 6) is -0.959. The number of nitrogens with zero attached hydrogens (tertiary/aromatic N) is 2. The molecule has 0 saturated heterocycles. The quantitative estimate of drug-likeness (QED) is 0.147. The molecule has 228 valence electrons. The number of hydrogen-bond donors (Lipinski definition) is 4. The van der Waals surface area contributed by atoms with Crippen LogP contribution in [0.1, 0.15) is 50.0 Å².